The van der Waals surface area contributed by atoms with Gasteiger partial charge in [-0.05, 0) is 41.3 Å². The van der Waals surface area contributed by atoms with Gasteiger partial charge in [0.25, 0.3) is 5.91 Å². The zero-order valence-electron chi connectivity index (χ0n) is 13.9. The van der Waals surface area contributed by atoms with E-state index in [1.54, 1.807) is 7.11 Å². The lowest BCUT2D eigenvalue weighted by Crippen LogP contribution is -2.31. The fourth-order valence-corrected chi connectivity index (χ4v) is 2.46. The summed E-state index contributed by atoms with van der Waals surface area (Å²) < 4.78 is 5.18. The van der Waals surface area contributed by atoms with E-state index in [1.807, 2.05) is 48.5 Å². The van der Waals surface area contributed by atoms with Gasteiger partial charge in [-0.15, -0.1) is 0 Å². The minimum Gasteiger partial charge on any atom is -0.497 e. The summed E-state index contributed by atoms with van der Waals surface area (Å²) in [5.74, 6) is 0.999. The number of ether oxygens (including phenoxy) is 1. The van der Waals surface area contributed by atoms with Crippen molar-refractivity contribution in [2.45, 2.75) is 26.4 Å². The molecule has 0 saturated heterocycles. The average molecular weight is 312 g/mol. The highest BCUT2D eigenvalue weighted by atomic mass is 16.5. The Bertz CT molecular complexity index is 633. The number of nitrogens with one attached hydrogen (secondary N) is 1. The monoisotopic (exact) mass is 312 g/mol. The summed E-state index contributed by atoms with van der Waals surface area (Å²) in [5, 5.41) is 3.11. The van der Waals surface area contributed by atoms with Crippen LogP contribution in [0, 0.1) is 5.92 Å². The third-order valence-corrected chi connectivity index (χ3v) is 3.88. The maximum atomic E-state index is 12.5. The molecule has 2 aromatic carbocycles. The molecule has 23 heavy (non-hydrogen) atoms. The van der Waals surface area contributed by atoms with Crippen LogP contribution in [0.3, 0.4) is 0 Å². The van der Waals surface area contributed by atoms with Crippen LogP contribution in [-0.2, 0) is 6.54 Å². The zero-order valence-corrected chi connectivity index (χ0v) is 13.9. The van der Waals surface area contributed by atoms with E-state index in [2.05, 4.69) is 19.2 Å². The fourth-order valence-electron chi connectivity index (χ4n) is 2.46. The van der Waals surface area contributed by atoms with Gasteiger partial charge < -0.3 is 15.8 Å². The molecule has 122 valence electrons. The Hall–Kier alpha value is -2.33. The van der Waals surface area contributed by atoms with Crippen molar-refractivity contribution in [3.05, 3.63) is 65.2 Å². The molecule has 0 spiro atoms. The van der Waals surface area contributed by atoms with Crippen molar-refractivity contribution in [2.24, 2.45) is 11.7 Å². The molecule has 1 atom stereocenters. The van der Waals surface area contributed by atoms with Crippen molar-refractivity contribution in [3.8, 4) is 5.75 Å². The predicted octanol–water partition coefficient (Wildman–Crippen LogP) is 3.28. The molecule has 0 heterocycles. The van der Waals surface area contributed by atoms with Gasteiger partial charge in [-0.2, -0.15) is 0 Å². The third-order valence-electron chi connectivity index (χ3n) is 3.88. The van der Waals surface area contributed by atoms with E-state index in [0.29, 0.717) is 12.1 Å². The summed E-state index contributed by atoms with van der Waals surface area (Å²) in [6.07, 6.45) is 0. The van der Waals surface area contributed by atoms with Crippen LogP contribution in [0.15, 0.2) is 48.5 Å². The van der Waals surface area contributed by atoms with E-state index in [9.17, 15) is 4.79 Å². The molecule has 0 saturated carbocycles. The van der Waals surface area contributed by atoms with Crippen molar-refractivity contribution in [2.75, 3.05) is 7.11 Å². The summed E-state index contributed by atoms with van der Waals surface area (Å²) in [7, 11) is 1.64. The molecule has 2 aromatic rings. The molecule has 0 aliphatic carbocycles. The largest absolute Gasteiger partial charge is 0.497 e. The first kappa shape index (κ1) is 17.0. The normalized spacial score (nSPS) is 12.0. The quantitative estimate of drug-likeness (QED) is 0.860. The highest BCUT2D eigenvalue weighted by Crippen LogP contribution is 2.24. The molecule has 0 radical (unpaired) electrons. The number of rotatable bonds is 6. The van der Waals surface area contributed by atoms with Crippen LogP contribution < -0.4 is 15.8 Å². The summed E-state index contributed by atoms with van der Waals surface area (Å²) in [6, 6.07) is 15.1. The number of carbonyl (C=O) groups excluding carboxylic acids is 1. The van der Waals surface area contributed by atoms with Crippen LogP contribution in [0.25, 0.3) is 0 Å². The number of hydrogen-bond acceptors (Lipinski definition) is 3. The van der Waals surface area contributed by atoms with Crippen LogP contribution in [-0.4, -0.2) is 13.0 Å². The Morgan fingerprint density at radius 2 is 1.70 bits per heavy atom. The number of benzene rings is 2. The zero-order chi connectivity index (χ0) is 16.8. The van der Waals surface area contributed by atoms with Crippen molar-refractivity contribution in [1.29, 1.82) is 0 Å². The van der Waals surface area contributed by atoms with Crippen molar-refractivity contribution >= 4 is 5.91 Å². The average Bonchev–Trinajstić information content (AvgIpc) is 2.59. The molecular weight excluding hydrogens is 288 g/mol. The lowest BCUT2D eigenvalue weighted by atomic mass is 9.95. The van der Waals surface area contributed by atoms with E-state index in [4.69, 9.17) is 10.5 Å². The summed E-state index contributed by atoms with van der Waals surface area (Å²) in [4.78, 5) is 12.5. The first-order valence-corrected chi connectivity index (χ1v) is 7.79. The second-order valence-electron chi connectivity index (χ2n) is 5.87. The van der Waals surface area contributed by atoms with E-state index in [1.165, 1.54) is 0 Å². The molecule has 2 rings (SSSR count). The molecule has 0 aliphatic rings. The Morgan fingerprint density at radius 3 is 2.17 bits per heavy atom. The molecule has 4 nitrogen and oxygen atoms in total. The first-order valence-electron chi connectivity index (χ1n) is 7.79. The topological polar surface area (TPSA) is 64.3 Å². The smallest absolute Gasteiger partial charge is 0.251 e. The van der Waals surface area contributed by atoms with Gasteiger partial charge in [-0.3, -0.25) is 4.79 Å². The van der Waals surface area contributed by atoms with Gasteiger partial charge in [0.05, 0.1) is 13.2 Å². The van der Waals surface area contributed by atoms with Crippen LogP contribution in [0.1, 0.15) is 41.4 Å². The second kappa shape index (κ2) is 7.79. The van der Waals surface area contributed by atoms with Gasteiger partial charge in [0.2, 0.25) is 0 Å². The molecule has 1 unspecified atom stereocenters. The van der Waals surface area contributed by atoms with Gasteiger partial charge in [0.15, 0.2) is 0 Å². The third kappa shape index (κ3) is 4.33. The molecule has 0 aliphatic heterocycles. The van der Waals surface area contributed by atoms with Crippen LogP contribution in [0.2, 0.25) is 0 Å². The summed E-state index contributed by atoms with van der Waals surface area (Å²) in [6.45, 7) is 4.65. The molecule has 4 heteroatoms. The minimum absolute atomic E-state index is 0.0532. The number of amides is 1. The van der Waals surface area contributed by atoms with E-state index in [-0.39, 0.29) is 17.9 Å². The number of nitrogens with two attached hydrogens (primary N) is 1. The molecule has 0 fully saturated rings. The standard InChI is InChI=1S/C19H24N2O2/c1-13(2)18(15-8-10-17(23-3)11-9-15)21-19(22)16-6-4-14(12-20)5-7-16/h4-11,13,18H,12,20H2,1-3H3,(H,21,22). The molecule has 3 N–H and O–H groups in total. The fraction of sp³-hybridized carbons (Fsp3) is 0.316. The first-order chi connectivity index (χ1) is 11.0. The van der Waals surface area contributed by atoms with Gasteiger partial charge in [0.1, 0.15) is 5.75 Å². The van der Waals surface area contributed by atoms with Crippen LogP contribution >= 0.6 is 0 Å². The molecule has 0 bridgehead atoms. The van der Waals surface area contributed by atoms with Gasteiger partial charge >= 0.3 is 0 Å². The molecule has 1 amide bonds. The van der Waals surface area contributed by atoms with E-state index in [0.717, 1.165) is 16.9 Å². The Balaban J connectivity index is 2.15. The Labute approximate surface area is 137 Å². The Morgan fingerprint density at radius 1 is 1.09 bits per heavy atom. The van der Waals surface area contributed by atoms with Gasteiger partial charge in [0, 0.05) is 12.1 Å². The van der Waals surface area contributed by atoms with Crippen molar-refractivity contribution < 1.29 is 9.53 Å². The summed E-state index contributed by atoms with van der Waals surface area (Å²) in [5.41, 5.74) is 8.30. The van der Waals surface area contributed by atoms with E-state index < -0.39 is 0 Å². The van der Waals surface area contributed by atoms with Crippen molar-refractivity contribution in [3.63, 3.8) is 0 Å². The van der Waals surface area contributed by atoms with Crippen molar-refractivity contribution in [1.82, 2.24) is 5.32 Å². The number of methoxy groups -OCH3 is 1. The van der Waals surface area contributed by atoms with Gasteiger partial charge in [-0.25, -0.2) is 0 Å². The lowest BCUT2D eigenvalue weighted by molar-refractivity contribution is 0.0925. The summed E-state index contributed by atoms with van der Waals surface area (Å²) >= 11 is 0. The van der Waals surface area contributed by atoms with Crippen LogP contribution in [0.5, 0.6) is 5.75 Å². The van der Waals surface area contributed by atoms with E-state index >= 15 is 0 Å². The molecule has 0 aromatic heterocycles. The minimum atomic E-state index is -0.0805. The van der Waals surface area contributed by atoms with Gasteiger partial charge in [-0.1, -0.05) is 38.1 Å². The highest BCUT2D eigenvalue weighted by molar-refractivity contribution is 5.94. The predicted molar refractivity (Wildman–Crippen MR) is 92.4 cm³/mol. The molecular formula is C19H24N2O2. The lowest BCUT2D eigenvalue weighted by Gasteiger charge is -2.23. The highest BCUT2D eigenvalue weighted by Gasteiger charge is 2.19. The number of hydrogen-bond donors (Lipinski definition) is 2. The Kier molecular flexibility index (Phi) is 5.77. The second-order valence-corrected chi connectivity index (χ2v) is 5.87. The maximum Gasteiger partial charge on any atom is 0.251 e. The maximum absolute atomic E-state index is 12.5. The SMILES string of the molecule is COc1ccc(C(NC(=O)c2ccc(CN)cc2)C(C)C)cc1. The number of carbonyl (C=O) groups is 1. The van der Waals surface area contributed by atoms with Crippen LogP contribution in [0.4, 0.5) is 0 Å².